The summed E-state index contributed by atoms with van der Waals surface area (Å²) in [6.45, 7) is -0.620. The summed E-state index contributed by atoms with van der Waals surface area (Å²) >= 11 is 0. The molecule has 0 aliphatic carbocycles. The normalized spacial score (nSPS) is 12.5. The smallest absolute Gasteiger partial charge is 0.508 e. The number of amides is 1. The van der Waals surface area contributed by atoms with Gasteiger partial charge in [-0.1, -0.05) is 36.4 Å². The number of hydrogen-bond acceptors (Lipinski definition) is 4. The summed E-state index contributed by atoms with van der Waals surface area (Å²) in [5.41, 5.74) is 0.351. The van der Waals surface area contributed by atoms with E-state index in [9.17, 15) is 28.2 Å². The van der Waals surface area contributed by atoms with Crippen LogP contribution in [0, 0.1) is 0 Å². The number of hydrogen-bond donors (Lipinski definition) is 3. The number of carbonyl (C=O) groups is 1. The second-order valence-electron chi connectivity index (χ2n) is 5.19. The van der Waals surface area contributed by atoms with Gasteiger partial charge in [0.05, 0.1) is 19.1 Å². The summed E-state index contributed by atoms with van der Waals surface area (Å²) in [5, 5.41) is 21.6. The van der Waals surface area contributed by atoms with Crippen molar-refractivity contribution in [3.05, 3.63) is 59.7 Å². The Bertz CT molecular complexity index is 734. The van der Waals surface area contributed by atoms with Gasteiger partial charge in [0, 0.05) is 11.1 Å². The first-order valence-corrected chi connectivity index (χ1v) is 7.32. The molecular weight excluding hydrogens is 339 g/mol. The number of para-hydroxylation sites is 2. The molecule has 0 saturated carbocycles. The Kier molecular flexibility index (Phi) is 5.87. The summed E-state index contributed by atoms with van der Waals surface area (Å²) in [4.78, 5) is 12.1. The predicted octanol–water partition coefficient (Wildman–Crippen LogP) is 2.68. The molecule has 0 heterocycles. The third kappa shape index (κ3) is 5.39. The van der Waals surface area contributed by atoms with Gasteiger partial charge in [-0.3, -0.25) is 4.79 Å². The molecule has 0 spiro atoms. The van der Waals surface area contributed by atoms with Crippen LogP contribution in [0.1, 0.15) is 17.2 Å². The van der Waals surface area contributed by atoms with Crippen LogP contribution in [0.5, 0.6) is 11.5 Å². The Balaban J connectivity index is 2.15. The summed E-state index contributed by atoms with van der Waals surface area (Å²) in [7, 11) is 0. The second-order valence-corrected chi connectivity index (χ2v) is 5.19. The van der Waals surface area contributed by atoms with Crippen LogP contribution in [-0.2, 0) is 11.2 Å². The molecule has 2 aromatic rings. The summed E-state index contributed by atoms with van der Waals surface area (Å²) < 4.78 is 41.4. The SMILES string of the molecule is O=C(Cc1ccccc1O)N[C@H](CO)c1ccccc1OC(F)(F)F. The molecule has 0 aliphatic heterocycles. The van der Waals surface area contributed by atoms with Crippen molar-refractivity contribution in [2.45, 2.75) is 18.8 Å². The Hall–Kier alpha value is -2.74. The zero-order valence-corrected chi connectivity index (χ0v) is 13.0. The van der Waals surface area contributed by atoms with Crippen LogP contribution in [0.15, 0.2) is 48.5 Å². The minimum absolute atomic E-state index is 0.00652. The van der Waals surface area contributed by atoms with Crippen molar-refractivity contribution in [1.82, 2.24) is 5.32 Å². The molecule has 25 heavy (non-hydrogen) atoms. The molecule has 0 aliphatic rings. The molecule has 0 bridgehead atoms. The Labute approximate surface area is 141 Å². The van der Waals surface area contributed by atoms with Gasteiger partial charge in [-0.2, -0.15) is 0 Å². The van der Waals surface area contributed by atoms with Crippen molar-refractivity contribution < 1.29 is 32.9 Å². The molecule has 0 fully saturated rings. The fourth-order valence-electron chi connectivity index (χ4n) is 2.29. The van der Waals surface area contributed by atoms with E-state index in [-0.39, 0.29) is 17.7 Å². The van der Waals surface area contributed by atoms with E-state index in [1.807, 2.05) is 0 Å². The fraction of sp³-hybridized carbons (Fsp3) is 0.235. The van der Waals surface area contributed by atoms with Gasteiger partial charge in [0.2, 0.25) is 5.91 Å². The number of ether oxygens (including phenoxy) is 1. The summed E-state index contributed by atoms with van der Waals surface area (Å²) in [5.74, 6) is -1.14. The predicted molar refractivity (Wildman–Crippen MR) is 82.9 cm³/mol. The molecule has 1 atom stereocenters. The first kappa shape index (κ1) is 18.6. The van der Waals surface area contributed by atoms with Crippen LogP contribution in [0.3, 0.4) is 0 Å². The Morgan fingerprint density at radius 1 is 1.12 bits per heavy atom. The summed E-state index contributed by atoms with van der Waals surface area (Å²) in [6.07, 6.45) is -5.08. The lowest BCUT2D eigenvalue weighted by molar-refractivity contribution is -0.275. The highest BCUT2D eigenvalue weighted by molar-refractivity contribution is 5.79. The third-order valence-corrected chi connectivity index (χ3v) is 3.38. The molecule has 5 nitrogen and oxygen atoms in total. The minimum Gasteiger partial charge on any atom is -0.508 e. The van der Waals surface area contributed by atoms with Crippen molar-refractivity contribution in [2.75, 3.05) is 6.61 Å². The van der Waals surface area contributed by atoms with Crippen LogP contribution < -0.4 is 10.1 Å². The number of aromatic hydroxyl groups is 1. The van der Waals surface area contributed by atoms with Crippen LogP contribution >= 0.6 is 0 Å². The highest BCUT2D eigenvalue weighted by atomic mass is 19.4. The number of nitrogens with one attached hydrogen (secondary N) is 1. The largest absolute Gasteiger partial charge is 0.573 e. The first-order chi connectivity index (χ1) is 11.8. The van der Waals surface area contributed by atoms with Crippen LogP contribution in [0.4, 0.5) is 13.2 Å². The van der Waals surface area contributed by atoms with Gasteiger partial charge in [-0.25, -0.2) is 0 Å². The van der Waals surface area contributed by atoms with E-state index in [1.54, 1.807) is 18.2 Å². The minimum atomic E-state index is -4.89. The zero-order chi connectivity index (χ0) is 18.4. The molecule has 134 valence electrons. The van der Waals surface area contributed by atoms with Crippen molar-refractivity contribution in [1.29, 1.82) is 0 Å². The highest BCUT2D eigenvalue weighted by Crippen LogP contribution is 2.30. The molecule has 0 unspecified atom stereocenters. The van der Waals surface area contributed by atoms with Gasteiger partial charge in [-0.15, -0.1) is 13.2 Å². The van der Waals surface area contributed by atoms with Gasteiger partial charge in [-0.05, 0) is 12.1 Å². The number of carbonyl (C=O) groups excluding carboxylic acids is 1. The standard InChI is InChI=1S/C17H16F3NO4/c18-17(19,20)25-15-8-4-2-6-12(15)13(10-22)21-16(24)9-11-5-1-3-7-14(11)23/h1-8,13,22-23H,9-10H2,(H,21,24)/t13-/m1/s1. The van der Waals surface area contributed by atoms with Gasteiger partial charge in [0.25, 0.3) is 0 Å². The second kappa shape index (κ2) is 7.89. The summed E-state index contributed by atoms with van der Waals surface area (Å²) in [6, 6.07) is 10.3. The maximum absolute atomic E-state index is 12.5. The number of halogens is 3. The van der Waals surface area contributed by atoms with E-state index in [0.29, 0.717) is 5.56 Å². The van der Waals surface area contributed by atoms with Crippen molar-refractivity contribution in [2.24, 2.45) is 0 Å². The lowest BCUT2D eigenvalue weighted by atomic mass is 10.1. The maximum atomic E-state index is 12.5. The number of aliphatic hydroxyl groups excluding tert-OH is 1. The maximum Gasteiger partial charge on any atom is 0.573 e. The quantitative estimate of drug-likeness (QED) is 0.744. The number of phenols is 1. The third-order valence-electron chi connectivity index (χ3n) is 3.38. The molecule has 0 radical (unpaired) electrons. The molecule has 3 N–H and O–H groups in total. The van der Waals surface area contributed by atoms with Crippen molar-refractivity contribution in [3.63, 3.8) is 0 Å². The number of aliphatic hydroxyl groups is 1. The fourth-order valence-corrected chi connectivity index (χ4v) is 2.29. The molecule has 2 aromatic carbocycles. The molecule has 2 rings (SSSR count). The van der Waals surface area contributed by atoms with Gasteiger partial charge >= 0.3 is 6.36 Å². The van der Waals surface area contributed by atoms with E-state index in [4.69, 9.17) is 0 Å². The van der Waals surface area contributed by atoms with E-state index < -0.39 is 30.7 Å². The van der Waals surface area contributed by atoms with E-state index in [2.05, 4.69) is 10.1 Å². The van der Waals surface area contributed by atoms with E-state index in [0.717, 1.165) is 6.07 Å². The molecule has 8 heteroatoms. The molecule has 0 saturated heterocycles. The average molecular weight is 355 g/mol. The first-order valence-electron chi connectivity index (χ1n) is 7.32. The molecular formula is C17H16F3NO4. The van der Waals surface area contributed by atoms with Crippen molar-refractivity contribution >= 4 is 5.91 Å². The lowest BCUT2D eigenvalue weighted by Crippen LogP contribution is -2.32. The Morgan fingerprint density at radius 3 is 2.40 bits per heavy atom. The van der Waals surface area contributed by atoms with E-state index >= 15 is 0 Å². The van der Waals surface area contributed by atoms with E-state index in [1.165, 1.54) is 24.3 Å². The average Bonchev–Trinajstić information content (AvgIpc) is 2.54. The van der Waals surface area contributed by atoms with Crippen LogP contribution in [0.2, 0.25) is 0 Å². The number of rotatable bonds is 6. The molecule has 0 aromatic heterocycles. The van der Waals surface area contributed by atoms with Crippen LogP contribution in [-0.4, -0.2) is 29.1 Å². The monoisotopic (exact) mass is 355 g/mol. The van der Waals surface area contributed by atoms with Gasteiger partial charge in [0.15, 0.2) is 0 Å². The zero-order valence-electron chi connectivity index (χ0n) is 13.0. The lowest BCUT2D eigenvalue weighted by Gasteiger charge is -2.20. The number of phenolic OH excluding ortho intramolecular Hbond substituents is 1. The topological polar surface area (TPSA) is 78.8 Å². The van der Waals surface area contributed by atoms with Gasteiger partial charge < -0.3 is 20.3 Å². The highest BCUT2D eigenvalue weighted by Gasteiger charge is 2.33. The number of benzene rings is 2. The molecule has 1 amide bonds. The van der Waals surface area contributed by atoms with Crippen molar-refractivity contribution in [3.8, 4) is 11.5 Å². The van der Waals surface area contributed by atoms with Crippen LogP contribution in [0.25, 0.3) is 0 Å². The number of alkyl halides is 3. The Morgan fingerprint density at radius 2 is 1.76 bits per heavy atom. The van der Waals surface area contributed by atoms with Gasteiger partial charge in [0.1, 0.15) is 11.5 Å².